The summed E-state index contributed by atoms with van der Waals surface area (Å²) in [6.07, 6.45) is 2.59. The molecule has 0 amide bonds. The van der Waals surface area contributed by atoms with Gasteiger partial charge in [0.25, 0.3) is 0 Å². The number of guanidine groups is 1. The van der Waals surface area contributed by atoms with Crippen LogP contribution in [0, 0.1) is 5.92 Å². The highest BCUT2D eigenvalue weighted by Gasteiger charge is 2.18. The van der Waals surface area contributed by atoms with Crippen LogP contribution in [-0.2, 0) is 9.47 Å². The van der Waals surface area contributed by atoms with E-state index < -0.39 is 0 Å². The summed E-state index contributed by atoms with van der Waals surface area (Å²) in [5.74, 6) is 1.79. The Morgan fingerprint density at radius 1 is 1.37 bits per heavy atom. The van der Waals surface area contributed by atoms with Gasteiger partial charge in [0.2, 0.25) is 0 Å². The Balaban J connectivity index is 2.33. The van der Waals surface area contributed by atoms with Gasteiger partial charge in [-0.2, -0.15) is 0 Å². The number of aliphatic imine (C=N–C) groups is 1. The van der Waals surface area contributed by atoms with Crippen molar-refractivity contribution < 1.29 is 9.47 Å². The number of piperidine rings is 1. The fourth-order valence-electron chi connectivity index (χ4n) is 2.27. The molecule has 1 aliphatic heterocycles. The van der Waals surface area contributed by atoms with Crippen LogP contribution in [0.5, 0.6) is 0 Å². The summed E-state index contributed by atoms with van der Waals surface area (Å²) in [7, 11) is 1.68. The summed E-state index contributed by atoms with van der Waals surface area (Å²) in [4.78, 5) is 7.00. The van der Waals surface area contributed by atoms with E-state index in [0.717, 1.165) is 31.5 Å². The summed E-state index contributed by atoms with van der Waals surface area (Å²) in [5.41, 5.74) is 0. The summed E-state index contributed by atoms with van der Waals surface area (Å²) >= 11 is 0. The van der Waals surface area contributed by atoms with Crippen LogP contribution in [0.15, 0.2) is 4.99 Å². The number of hydrogen-bond donors (Lipinski definition) is 1. The molecule has 1 atom stereocenters. The Labute approximate surface area is 117 Å². The number of methoxy groups -OCH3 is 1. The molecule has 1 fully saturated rings. The zero-order chi connectivity index (χ0) is 13.9. The predicted octanol–water partition coefficient (Wildman–Crippen LogP) is 1.35. The first kappa shape index (κ1) is 16.2. The standard InChI is InChI=1S/C14H29N3O2/c1-4-15-14(16-7-9-19-11-10-18-3)17-8-5-6-13(2)12-17/h13H,4-12H2,1-3H3,(H,15,16). The lowest BCUT2D eigenvalue weighted by molar-refractivity contribution is 0.0747. The highest BCUT2D eigenvalue weighted by Crippen LogP contribution is 2.15. The Morgan fingerprint density at radius 3 is 2.89 bits per heavy atom. The average molecular weight is 271 g/mol. The van der Waals surface area contributed by atoms with Gasteiger partial charge >= 0.3 is 0 Å². The molecule has 1 rings (SSSR count). The molecular weight excluding hydrogens is 242 g/mol. The minimum atomic E-state index is 0.642. The van der Waals surface area contributed by atoms with E-state index >= 15 is 0 Å². The summed E-state index contributed by atoms with van der Waals surface area (Å²) < 4.78 is 10.4. The normalized spacial score (nSPS) is 20.7. The molecule has 1 heterocycles. The van der Waals surface area contributed by atoms with Crippen molar-refractivity contribution in [2.24, 2.45) is 10.9 Å². The molecule has 0 saturated carbocycles. The Bertz CT molecular complexity index is 259. The lowest BCUT2D eigenvalue weighted by Gasteiger charge is -2.33. The van der Waals surface area contributed by atoms with Crippen LogP contribution in [0.3, 0.4) is 0 Å². The lowest BCUT2D eigenvalue weighted by Crippen LogP contribution is -2.46. The van der Waals surface area contributed by atoms with Gasteiger partial charge < -0.3 is 19.7 Å². The molecule has 0 aromatic rings. The monoisotopic (exact) mass is 271 g/mol. The number of hydrogen-bond acceptors (Lipinski definition) is 3. The molecular formula is C14H29N3O2. The van der Waals surface area contributed by atoms with Crippen molar-refractivity contribution in [1.82, 2.24) is 10.2 Å². The molecule has 0 aliphatic carbocycles. The maximum absolute atomic E-state index is 5.43. The maximum atomic E-state index is 5.43. The van der Waals surface area contributed by atoms with Gasteiger partial charge in [-0.1, -0.05) is 6.92 Å². The van der Waals surface area contributed by atoms with E-state index in [1.54, 1.807) is 7.11 Å². The zero-order valence-corrected chi connectivity index (χ0v) is 12.7. The van der Waals surface area contributed by atoms with Crippen molar-refractivity contribution >= 4 is 5.96 Å². The minimum Gasteiger partial charge on any atom is -0.382 e. The number of ether oxygens (including phenoxy) is 2. The van der Waals surface area contributed by atoms with Crippen LogP contribution >= 0.6 is 0 Å². The summed E-state index contributed by atoms with van der Waals surface area (Å²) in [6, 6.07) is 0. The van der Waals surface area contributed by atoms with Gasteiger partial charge in [-0.15, -0.1) is 0 Å². The predicted molar refractivity (Wildman–Crippen MR) is 78.6 cm³/mol. The van der Waals surface area contributed by atoms with Crippen molar-refractivity contribution in [3.8, 4) is 0 Å². The summed E-state index contributed by atoms with van der Waals surface area (Å²) in [5, 5.41) is 3.37. The maximum Gasteiger partial charge on any atom is 0.194 e. The molecule has 1 aliphatic rings. The fraction of sp³-hybridized carbons (Fsp3) is 0.929. The SMILES string of the molecule is CCNC(=NCCOCCOC)N1CCCC(C)C1. The first-order valence-corrected chi connectivity index (χ1v) is 7.37. The molecule has 0 aromatic carbocycles. The van der Waals surface area contributed by atoms with E-state index in [2.05, 4.69) is 29.1 Å². The number of likely N-dealkylation sites (tertiary alicyclic amines) is 1. The van der Waals surface area contributed by atoms with Crippen molar-refractivity contribution in [2.75, 3.05) is 53.1 Å². The van der Waals surface area contributed by atoms with Crippen LogP contribution in [0.4, 0.5) is 0 Å². The van der Waals surface area contributed by atoms with Gasteiger partial charge in [0.1, 0.15) is 0 Å². The smallest absolute Gasteiger partial charge is 0.194 e. The first-order valence-electron chi connectivity index (χ1n) is 7.37. The van der Waals surface area contributed by atoms with E-state index in [4.69, 9.17) is 9.47 Å². The van der Waals surface area contributed by atoms with Crippen molar-refractivity contribution in [3.63, 3.8) is 0 Å². The third kappa shape index (κ3) is 6.78. The number of nitrogens with zero attached hydrogens (tertiary/aromatic N) is 2. The Hall–Kier alpha value is -0.810. The van der Waals surface area contributed by atoms with Crippen molar-refractivity contribution in [2.45, 2.75) is 26.7 Å². The molecule has 19 heavy (non-hydrogen) atoms. The van der Waals surface area contributed by atoms with Crippen LogP contribution in [-0.4, -0.2) is 64.0 Å². The largest absolute Gasteiger partial charge is 0.382 e. The quantitative estimate of drug-likeness (QED) is 0.431. The highest BCUT2D eigenvalue weighted by atomic mass is 16.5. The molecule has 0 radical (unpaired) electrons. The molecule has 0 aromatic heterocycles. The van der Waals surface area contributed by atoms with Gasteiger partial charge in [-0.3, -0.25) is 4.99 Å². The van der Waals surface area contributed by atoms with Crippen LogP contribution < -0.4 is 5.32 Å². The van der Waals surface area contributed by atoms with Crippen LogP contribution in [0.25, 0.3) is 0 Å². The van der Waals surface area contributed by atoms with E-state index in [1.807, 2.05) is 0 Å². The van der Waals surface area contributed by atoms with Crippen molar-refractivity contribution in [1.29, 1.82) is 0 Å². The molecule has 0 spiro atoms. The van der Waals surface area contributed by atoms with E-state index in [9.17, 15) is 0 Å². The zero-order valence-electron chi connectivity index (χ0n) is 12.7. The van der Waals surface area contributed by atoms with Gasteiger partial charge in [-0.05, 0) is 25.7 Å². The van der Waals surface area contributed by atoms with Gasteiger partial charge in [-0.25, -0.2) is 0 Å². The van der Waals surface area contributed by atoms with Crippen LogP contribution in [0.1, 0.15) is 26.7 Å². The molecule has 5 heteroatoms. The number of rotatable bonds is 7. The second-order valence-electron chi connectivity index (χ2n) is 5.03. The molecule has 112 valence electrons. The number of nitrogens with one attached hydrogen (secondary N) is 1. The molecule has 0 bridgehead atoms. The second-order valence-corrected chi connectivity index (χ2v) is 5.03. The third-order valence-corrected chi connectivity index (χ3v) is 3.22. The van der Waals surface area contributed by atoms with Crippen molar-refractivity contribution in [3.05, 3.63) is 0 Å². The molecule has 1 saturated heterocycles. The average Bonchev–Trinajstić information content (AvgIpc) is 2.41. The molecule has 5 nitrogen and oxygen atoms in total. The fourth-order valence-corrected chi connectivity index (χ4v) is 2.27. The first-order chi connectivity index (χ1) is 9.27. The lowest BCUT2D eigenvalue weighted by atomic mass is 10.0. The third-order valence-electron chi connectivity index (χ3n) is 3.22. The van der Waals surface area contributed by atoms with E-state index in [-0.39, 0.29) is 0 Å². The Kier molecular flexibility index (Phi) is 8.58. The van der Waals surface area contributed by atoms with Gasteiger partial charge in [0, 0.05) is 26.7 Å². The highest BCUT2D eigenvalue weighted by molar-refractivity contribution is 5.80. The topological polar surface area (TPSA) is 46.1 Å². The molecule has 1 N–H and O–H groups in total. The van der Waals surface area contributed by atoms with Gasteiger partial charge in [0.15, 0.2) is 5.96 Å². The van der Waals surface area contributed by atoms with Crippen LogP contribution in [0.2, 0.25) is 0 Å². The Morgan fingerprint density at radius 2 is 2.21 bits per heavy atom. The second kappa shape index (κ2) is 10.0. The van der Waals surface area contributed by atoms with E-state index in [0.29, 0.717) is 26.4 Å². The summed E-state index contributed by atoms with van der Waals surface area (Å²) in [6.45, 7) is 10.2. The minimum absolute atomic E-state index is 0.642. The molecule has 1 unspecified atom stereocenters. The van der Waals surface area contributed by atoms with E-state index in [1.165, 1.54) is 12.8 Å². The van der Waals surface area contributed by atoms with Gasteiger partial charge in [0.05, 0.1) is 26.4 Å².